The third-order valence-electron chi connectivity index (χ3n) is 7.36. The predicted octanol–water partition coefficient (Wildman–Crippen LogP) is 5.43. The fourth-order valence-electron chi connectivity index (χ4n) is 5.41. The number of nitrogens with one attached hydrogen (secondary N) is 1. The number of benzene rings is 1. The number of pyridine rings is 1. The van der Waals surface area contributed by atoms with Crippen LogP contribution in [-0.4, -0.2) is 33.4 Å². The van der Waals surface area contributed by atoms with Gasteiger partial charge >= 0.3 is 12.1 Å². The van der Waals surface area contributed by atoms with E-state index in [9.17, 15) is 22.8 Å². The summed E-state index contributed by atoms with van der Waals surface area (Å²) < 4.78 is 38.7. The third-order valence-corrected chi connectivity index (χ3v) is 7.36. The Morgan fingerprint density at radius 1 is 1.14 bits per heavy atom. The Balaban J connectivity index is 1.40. The molecule has 36 heavy (non-hydrogen) atoms. The van der Waals surface area contributed by atoms with Gasteiger partial charge in [-0.15, -0.1) is 0 Å². The van der Waals surface area contributed by atoms with Crippen LogP contribution in [0.25, 0.3) is 0 Å². The molecule has 1 aromatic carbocycles. The van der Waals surface area contributed by atoms with Crippen molar-refractivity contribution in [3.05, 3.63) is 64.5 Å². The Hall–Kier alpha value is -2.94. The van der Waals surface area contributed by atoms with Gasteiger partial charge in [0.1, 0.15) is 0 Å². The molecule has 1 aliphatic carbocycles. The second-order valence-corrected chi connectivity index (χ2v) is 10.3. The SMILES string of the molecule is CC(C)[C@H]1c2ncc(C(=O)NC[C@H]3CC[C@H](C(=O)O)CC3)cc2CN1Cc1ccc(C(F)(F)F)cc1. The van der Waals surface area contributed by atoms with Crippen molar-refractivity contribution >= 4 is 11.9 Å². The van der Waals surface area contributed by atoms with Crippen LogP contribution in [0.3, 0.4) is 0 Å². The minimum absolute atomic E-state index is 0.00354. The fourth-order valence-corrected chi connectivity index (χ4v) is 5.41. The molecule has 2 N–H and O–H groups in total. The quantitative estimate of drug-likeness (QED) is 0.526. The van der Waals surface area contributed by atoms with E-state index in [1.807, 2.05) is 6.07 Å². The molecule has 1 saturated carbocycles. The van der Waals surface area contributed by atoms with Crippen molar-refractivity contribution in [1.82, 2.24) is 15.2 Å². The van der Waals surface area contributed by atoms with E-state index < -0.39 is 17.7 Å². The van der Waals surface area contributed by atoms with Gasteiger partial charge in [-0.05, 0) is 66.8 Å². The molecule has 1 amide bonds. The second kappa shape index (κ2) is 10.6. The van der Waals surface area contributed by atoms with E-state index in [0.29, 0.717) is 38.0 Å². The normalized spacial score (nSPS) is 22.4. The largest absolute Gasteiger partial charge is 0.481 e. The lowest BCUT2D eigenvalue weighted by Gasteiger charge is -2.27. The zero-order valence-electron chi connectivity index (χ0n) is 20.5. The van der Waals surface area contributed by atoms with Gasteiger partial charge in [0.15, 0.2) is 0 Å². The monoisotopic (exact) mass is 503 g/mol. The van der Waals surface area contributed by atoms with Crippen LogP contribution < -0.4 is 5.32 Å². The number of nitrogens with zero attached hydrogens (tertiary/aromatic N) is 2. The highest BCUT2D eigenvalue weighted by Gasteiger charge is 2.35. The van der Waals surface area contributed by atoms with E-state index in [1.165, 1.54) is 12.1 Å². The maximum atomic E-state index is 12.9. The van der Waals surface area contributed by atoms with Gasteiger partial charge in [0, 0.05) is 25.8 Å². The lowest BCUT2D eigenvalue weighted by molar-refractivity contribution is -0.143. The van der Waals surface area contributed by atoms with Gasteiger partial charge < -0.3 is 10.4 Å². The van der Waals surface area contributed by atoms with Crippen LogP contribution >= 0.6 is 0 Å². The summed E-state index contributed by atoms with van der Waals surface area (Å²) in [4.78, 5) is 30.8. The molecular weight excluding hydrogens is 471 g/mol. The molecule has 0 bridgehead atoms. The van der Waals surface area contributed by atoms with E-state index in [4.69, 9.17) is 5.11 Å². The van der Waals surface area contributed by atoms with E-state index in [-0.39, 0.29) is 29.7 Å². The molecule has 194 valence electrons. The van der Waals surface area contributed by atoms with Crippen LogP contribution in [0.1, 0.15) is 78.3 Å². The summed E-state index contributed by atoms with van der Waals surface area (Å²) in [7, 11) is 0. The van der Waals surface area contributed by atoms with Crippen LogP contribution in [-0.2, 0) is 24.1 Å². The minimum atomic E-state index is -4.36. The van der Waals surface area contributed by atoms with Crippen LogP contribution in [0, 0.1) is 17.8 Å². The van der Waals surface area contributed by atoms with Gasteiger partial charge in [-0.1, -0.05) is 26.0 Å². The van der Waals surface area contributed by atoms with Crippen molar-refractivity contribution in [3.8, 4) is 0 Å². The van der Waals surface area contributed by atoms with Crippen molar-refractivity contribution in [2.45, 2.75) is 64.8 Å². The molecule has 4 rings (SSSR count). The molecule has 0 unspecified atom stereocenters. The minimum Gasteiger partial charge on any atom is -0.481 e. The van der Waals surface area contributed by atoms with E-state index >= 15 is 0 Å². The summed E-state index contributed by atoms with van der Waals surface area (Å²) >= 11 is 0. The van der Waals surface area contributed by atoms with Gasteiger partial charge in [-0.3, -0.25) is 19.5 Å². The predicted molar refractivity (Wildman–Crippen MR) is 128 cm³/mol. The van der Waals surface area contributed by atoms with Gasteiger partial charge in [0.25, 0.3) is 5.91 Å². The highest BCUT2D eigenvalue weighted by atomic mass is 19.4. The number of carbonyl (C=O) groups excluding carboxylic acids is 1. The molecule has 6 nitrogen and oxygen atoms in total. The highest BCUT2D eigenvalue weighted by molar-refractivity contribution is 5.94. The lowest BCUT2D eigenvalue weighted by Crippen LogP contribution is -2.32. The fraction of sp³-hybridized carbons (Fsp3) is 0.519. The topological polar surface area (TPSA) is 82.5 Å². The number of amides is 1. The summed E-state index contributed by atoms with van der Waals surface area (Å²) in [5.41, 5.74) is 2.46. The molecule has 9 heteroatoms. The zero-order chi connectivity index (χ0) is 26.0. The number of hydrogen-bond acceptors (Lipinski definition) is 4. The maximum absolute atomic E-state index is 12.9. The van der Waals surface area contributed by atoms with Crippen molar-refractivity contribution in [3.63, 3.8) is 0 Å². The van der Waals surface area contributed by atoms with Crippen molar-refractivity contribution in [2.24, 2.45) is 17.8 Å². The molecule has 1 aromatic heterocycles. The smallest absolute Gasteiger partial charge is 0.416 e. The first-order valence-corrected chi connectivity index (χ1v) is 12.4. The number of rotatable bonds is 7. The number of aliphatic carboxylic acids is 1. The van der Waals surface area contributed by atoms with Crippen LogP contribution in [0.4, 0.5) is 13.2 Å². The summed E-state index contributed by atoms with van der Waals surface area (Å²) in [6, 6.07) is 7.11. The summed E-state index contributed by atoms with van der Waals surface area (Å²) in [5.74, 6) is -0.718. The van der Waals surface area contributed by atoms with Gasteiger partial charge in [-0.2, -0.15) is 13.2 Å². The van der Waals surface area contributed by atoms with Crippen molar-refractivity contribution in [2.75, 3.05) is 6.54 Å². The second-order valence-electron chi connectivity index (χ2n) is 10.3. The Bertz CT molecular complexity index is 1090. The molecule has 2 aromatic rings. The Kier molecular flexibility index (Phi) is 7.68. The first kappa shape index (κ1) is 26.1. The average molecular weight is 504 g/mol. The van der Waals surface area contributed by atoms with Crippen LogP contribution in [0.15, 0.2) is 36.5 Å². The number of alkyl halides is 3. The molecule has 0 spiro atoms. The van der Waals surface area contributed by atoms with Gasteiger partial charge in [-0.25, -0.2) is 0 Å². The summed E-state index contributed by atoms with van der Waals surface area (Å²) in [6.45, 7) is 5.73. The van der Waals surface area contributed by atoms with E-state index in [1.54, 1.807) is 6.20 Å². The van der Waals surface area contributed by atoms with Crippen molar-refractivity contribution < 1.29 is 27.9 Å². The first-order chi connectivity index (χ1) is 17.0. The Morgan fingerprint density at radius 3 is 2.39 bits per heavy atom. The standard InChI is InChI=1S/C27H32F3N3O3/c1-16(2)24-23-21(15-33(24)14-18-5-9-22(10-6-18)27(28,29)30)11-20(13-31-23)25(34)32-12-17-3-7-19(8-4-17)26(35)36/h5-6,9-11,13,16-17,19,24H,3-4,7-8,12,14-15H2,1-2H3,(H,32,34)(H,35,36)/t17-,19-,24-/m0/s1. The van der Waals surface area contributed by atoms with E-state index in [0.717, 1.165) is 41.8 Å². The molecule has 1 fully saturated rings. The number of hydrogen-bond donors (Lipinski definition) is 2. The molecule has 0 saturated heterocycles. The van der Waals surface area contributed by atoms with E-state index in [2.05, 4.69) is 29.0 Å². The Morgan fingerprint density at radius 2 is 1.81 bits per heavy atom. The number of carboxylic acid groups (broad SMARTS) is 1. The summed E-state index contributed by atoms with van der Waals surface area (Å²) in [5, 5.41) is 12.1. The molecule has 1 atom stereocenters. The first-order valence-electron chi connectivity index (χ1n) is 12.4. The molecular formula is C27H32F3N3O3. The lowest BCUT2D eigenvalue weighted by atomic mass is 9.82. The zero-order valence-corrected chi connectivity index (χ0v) is 20.5. The number of fused-ring (bicyclic) bond motifs is 1. The number of aromatic nitrogens is 1. The third kappa shape index (κ3) is 5.88. The molecule has 0 radical (unpaired) electrons. The molecule has 1 aliphatic heterocycles. The number of halogens is 3. The number of carboxylic acids is 1. The maximum Gasteiger partial charge on any atom is 0.416 e. The van der Waals surface area contributed by atoms with Crippen molar-refractivity contribution in [1.29, 1.82) is 0 Å². The summed E-state index contributed by atoms with van der Waals surface area (Å²) in [6.07, 6.45) is 0.0841. The van der Waals surface area contributed by atoms with Crippen LogP contribution in [0.2, 0.25) is 0 Å². The molecule has 2 heterocycles. The average Bonchev–Trinajstić information content (AvgIpc) is 3.19. The van der Waals surface area contributed by atoms with Crippen LogP contribution in [0.5, 0.6) is 0 Å². The molecule has 2 aliphatic rings. The highest BCUT2D eigenvalue weighted by Crippen LogP contribution is 2.39. The van der Waals surface area contributed by atoms with Gasteiger partial charge in [0.05, 0.1) is 28.8 Å². The van der Waals surface area contributed by atoms with Gasteiger partial charge in [0.2, 0.25) is 0 Å². The Labute approximate surface area is 208 Å². The number of carbonyl (C=O) groups is 2.